The molecule has 0 unspecified atom stereocenters. The molecule has 3 amide bonds. The largest absolute Gasteiger partial charge is 0.481 e. The average molecular weight is 531 g/mol. The fourth-order valence-corrected chi connectivity index (χ4v) is 5.08. The molecular formula is C23H23Cl2F3N4O3. The van der Waals surface area contributed by atoms with Crippen molar-refractivity contribution in [2.24, 2.45) is 5.41 Å². The van der Waals surface area contributed by atoms with Gasteiger partial charge in [0, 0.05) is 37.8 Å². The number of urea groups is 1. The molecule has 1 aromatic carbocycles. The Labute approximate surface area is 210 Å². The number of halogens is 5. The molecule has 1 spiro atoms. The highest BCUT2D eigenvalue weighted by atomic mass is 35.5. The first-order chi connectivity index (χ1) is 16.5. The van der Waals surface area contributed by atoms with Crippen molar-refractivity contribution in [2.45, 2.75) is 25.4 Å². The molecule has 2 fully saturated rings. The Bertz CT molecular complexity index is 1140. The van der Waals surface area contributed by atoms with E-state index in [9.17, 15) is 22.8 Å². The minimum absolute atomic E-state index is 0.158. The number of anilines is 1. The summed E-state index contributed by atoms with van der Waals surface area (Å²) in [6.45, 7) is 1.77. The molecule has 0 aliphatic carbocycles. The zero-order valence-electron chi connectivity index (χ0n) is 18.8. The van der Waals surface area contributed by atoms with Gasteiger partial charge in [-0.3, -0.25) is 4.79 Å². The molecule has 0 bridgehead atoms. The van der Waals surface area contributed by atoms with Crippen LogP contribution in [0.15, 0.2) is 30.3 Å². The van der Waals surface area contributed by atoms with Crippen molar-refractivity contribution in [3.63, 3.8) is 0 Å². The van der Waals surface area contributed by atoms with Gasteiger partial charge in [-0.15, -0.1) is 0 Å². The van der Waals surface area contributed by atoms with Crippen LogP contribution in [0.3, 0.4) is 0 Å². The van der Waals surface area contributed by atoms with Crippen LogP contribution in [-0.2, 0) is 6.18 Å². The molecule has 3 heterocycles. The summed E-state index contributed by atoms with van der Waals surface area (Å²) in [5.74, 6) is 0.0624. The molecule has 0 atom stereocenters. The van der Waals surface area contributed by atoms with E-state index in [4.69, 9.17) is 27.9 Å². The smallest absolute Gasteiger partial charge is 0.418 e. The lowest BCUT2D eigenvalue weighted by Gasteiger charge is -2.39. The number of amides is 3. The van der Waals surface area contributed by atoms with Crippen LogP contribution in [-0.4, -0.2) is 60.0 Å². The third kappa shape index (κ3) is 5.43. The third-order valence-corrected chi connectivity index (χ3v) is 7.12. The molecule has 7 nitrogen and oxygen atoms in total. The SMILES string of the molecule is COc1cc(C(=O)N2CCC3(CCN(C(=O)Nc4c(Cl)cccc4C(F)(F)F)C3)CC2)cc(Cl)n1. The Morgan fingerprint density at radius 3 is 2.37 bits per heavy atom. The molecular weight excluding hydrogens is 508 g/mol. The summed E-state index contributed by atoms with van der Waals surface area (Å²) in [6, 6.07) is 5.77. The van der Waals surface area contributed by atoms with Crippen molar-refractivity contribution in [3.05, 3.63) is 51.6 Å². The molecule has 4 rings (SSSR count). The molecule has 2 aliphatic heterocycles. The van der Waals surface area contributed by atoms with Crippen molar-refractivity contribution in [3.8, 4) is 5.88 Å². The van der Waals surface area contributed by atoms with E-state index < -0.39 is 23.5 Å². The van der Waals surface area contributed by atoms with Gasteiger partial charge in [-0.25, -0.2) is 9.78 Å². The number of benzene rings is 1. The van der Waals surface area contributed by atoms with E-state index in [0.717, 1.165) is 6.07 Å². The van der Waals surface area contributed by atoms with Gasteiger partial charge < -0.3 is 19.9 Å². The number of nitrogens with one attached hydrogen (secondary N) is 1. The second-order valence-electron chi connectivity index (χ2n) is 8.77. The first kappa shape index (κ1) is 25.4. The average Bonchev–Trinajstić information content (AvgIpc) is 3.22. The summed E-state index contributed by atoms with van der Waals surface area (Å²) in [7, 11) is 1.44. The Hall–Kier alpha value is -2.72. The molecule has 1 N–H and O–H groups in total. The van der Waals surface area contributed by atoms with E-state index in [0.29, 0.717) is 51.0 Å². The number of carbonyl (C=O) groups is 2. The van der Waals surface area contributed by atoms with E-state index in [1.807, 2.05) is 0 Å². The zero-order chi connectivity index (χ0) is 25.4. The van der Waals surface area contributed by atoms with Gasteiger partial charge in [-0.2, -0.15) is 13.2 Å². The second-order valence-corrected chi connectivity index (χ2v) is 9.57. The normalized spacial score (nSPS) is 17.5. The molecule has 188 valence electrons. The van der Waals surface area contributed by atoms with Gasteiger partial charge in [0.05, 0.1) is 23.4 Å². The number of hydrogen-bond donors (Lipinski definition) is 1. The number of likely N-dealkylation sites (tertiary alicyclic amines) is 2. The molecule has 0 saturated carbocycles. The predicted octanol–water partition coefficient (Wildman–Crippen LogP) is 5.58. The fourth-order valence-electron chi connectivity index (χ4n) is 4.66. The van der Waals surface area contributed by atoms with Gasteiger partial charge in [0.1, 0.15) is 5.15 Å². The monoisotopic (exact) mass is 530 g/mol. The highest BCUT2D eigenvalue weighted by Crippen LogP contribution is 2.42. The first-order valence-corrected chi connectivity index (χ1v) is 11.7. The van der Waals surface area contributed by atoms with Crippen LogP contribution in [0.1, 0.15) is 35.2 Å². The maximum atomic E-state index is 13.4. The molecule has 2 aromatic rings. The predicted molar refractivity (Wildman–Crippen MR) is 125 cm³/mol. The molecule has 35 heavy (non-hydrogen) atoms. The Morgan fingerprint density at radius 1 is 1.09 bits per heavy atom. The van der Waals surface area contributed by atoms with Gasteiger partial charge in [-0.05, 0) is 42.9 Å². The van der Waals surface area contributed by atoms with E-state index in [1.165, 1.54) is 36.3 Å². The third-order valence-electron chi connectivity index (χ3n) is 6.61. The Balaban J connectivity index is 1.39. The van der Waals surface area contributed by atoms with E-state index in [2.05, 4.69) is 10.3 Å². The number of para-hydroxylation sites is 1. The number of carbonyl (C=O) groups excluding carboxylic acids is 2. The van der Waals surface area contributed by atoms with Crippen molar-refractivity contribution in [2.75, 3.05) is 38.6 Å². The number of methoxy groups -OCH3 is 1. The molecule has 2 saturated heterocycles. The van der Waals surface area contributed by atoms with Crippen LogP contribution < -0.4 is 10.1 Å². The Morgan fingerprint density at radius 2 is 1.74 bits per heavy atom. The molecule has 12 heteroatoms. The summed E-state index contributed by atoms with van der Waals surface area (Å²) in [6.07, 6.45) is -2.62. The Kier molecular flexibility index (Phi) is 7.06. The van der Waals surface area contributed by atoms with Crippen LogP contribution in [0.25, 0.3) is 0 Å². The van der Waals surface area contributed by atoms with Gasteiger partial charge in [0.25, 0.3) is 5.91 Å². The number of rotatable bonds is 3. The zero-order valence-corrected chi connectivity index (χ0v) is 20.3. The molecule has 1 aromatic heterocycles. The summed E-state index contributed by atoms with van der Waals surface area (Å²) in [4.78, 5) is 33.0. The highest BCUT2D eigenvalue weighted by molar-refractivity contribution is 6.34. The fraction of sp³-hybridized carbons (Fsp3) is 0.435. The second kappa shape index (κ2) is 9.73. The number of nitrogens with zero attached hydrogens (tertiary/aromatic N) is 3. The topological polar surface area (TPSA) is 74.8 Å². The van der Waals surface area contributed by atoms with Gasteiger partial charge in [-0.1, -0.05) is 29.3 Å². The van der Waals surface area contributed by atoms with Gasteiger partial charge in [0.2, 0.25) is 5.88 Å². The van der Waals surface area contributed by atoms with Crippen LogP contribution >= 0.6 is 23.2 Å². The quantitative estimate of drug-likeness (QED) is 0.526. The molecule has 0 radical (unpaired) electrons. The van der Waals surface area contributed by atoms with Crippen LogP contribution in [0, 0.1) is 5.41 Å². The maximum Gasteiger partial charge on any atom is 0.418 e. The van der Waals surface area contributed by atoms with Crippen LogP contribution in [0.5, 0.6) is 5.88 Å². The van der Waals surface area contributed by atoms with Crippen LogP contribution in [0.2, 0.25) is 10.2 Å². The van der Waals surface area contributed by atoms with Gasteiger partial charge in [0.15, 0.2) is 0 Å². The summed E-state index contributed by atoms with van der Waals surface area (Å²) in [5, 5.41) is 2.33. The van der Waals surface area contributed by atoms with Crippen LogP contribution in [0.4, 0.5) is 23.7 Å². The summed E-state index contributed by atoms with van der Waals surface area (Å²) < 4.78 is 45.2. The lowest BCUT2D eigenvalue weighted by atomic mass is 9.77. The van der Waals surface area contributed by atoms with Crippen molar-refractivity contribution < 1.29 is 27.5 Å². The molecule has 2 aliphatic rings. The number of pyridine rings is 1. The number of piperidine rings is 1. The number of ether oxygens (including phenoxy) is 1. The van der Waals surface area contributed by atoms with E-state index in [-0.39, 0.29) is 27.4 Å². The lowest BCUT2D eigenvalue weighted by Crippen LogP contribution is -2.45. The number of aromatic nitrogens is 1. The minimum Gasteiger partial charge on any atom is -0.481 e. The summed E-state index contributed by atoms with van der Waals surface area (Å²) >= 11 is 11.9. The number of alkyl halides is 3. The first-order valence-electron chi connectivity index (χ1n) is 10.9. The maximum absolute atomic E-state index is 13.4. The van der Waals surface area contributed by atoms with Gasteiger partial charge >= 0.3 is 12.2 Å². The lowest BCUT2D eigenvalue weighted by molar-refractivity contribution is -0.136. The van der Waals surface area contributed by atoms with Crippen molar-refractivity contribution in [1.82, 2.24) is 14.8 Å². The minimum atomic E-state index is -4.65. The van der Waals surface area contributed by atoms with Crippen molar-refractivity contribution in [1.29, 1.82) is 0 Å². The van der Waals surface area contributed by atoms with Crippen molar-refractivity contribution >= 4 is 40.8 Å². The number of hydrogen-bond acceptors (Lipinski definition) is 4. The van der Waals surface area contributed by atoms with E-state index in [1.54, 1.807) is 4.90 Å². The highest BCUT2D eigenvalue weighted by Gasteiger charge is 2.43. The van der Waals surface area contributed by atoms with E-state index >= 15 is 0 Å². The standard InChI is InChI=1S/C23H23Cl2F3N4O3/c1-35-18-12-14(11-17(25)29-18)20(33)31-8-5-22(6-9-31)7-10-32(13-22)21(34)30-19-15(23(26,27)28)3-2-4-16(19)24/h2-4,11-12H,5-10,13H2,1H3,(H,30,34). The summed E-state index contributed by atoms with van der Waals surface area (Å²) in [5.41, 5.74) is -1.26.